The van der Waals surface area contributed by atoms with Gasteiger partial charge in [0.2, 0.25) is 0 Å². The molecule has 0 aliphatic heterocycles. The maximum Gasteiger partial charge on any atom is 0.534 e. The lowest BCUT2D eigenvalue weighted by molar-refractivity contribution is -0.0500. The molecule has 2 rings (SSSR count). The van der Waals surface area contributed by atoms with Crippen molar-refractivity contribution >= 4 is 48.5 Å². The third kappa shape index (κ3) is 4.81. The SMILES string of the molecule is CCNC(=O)Nc1nc2cc(OS(=O)(=O)C(F)(F)F)cc(/C(C)=N\OC)c2s1. The number of nitrogens with zero attached hydrogens (tertiary/aromatic N) is 2. The lowest BCUT2D eigenvalue weighted by Crippen LogP contribution is -2.28. The molecule has 0 radical (unpaired) electrons. The number of rotatable bonds is 6. The number of amides is 2. The van der Waals surface area contributed by atoms with Gasteiger partial charge in [0.25, 0.3) is 0 Å². The Morgan fingerprint density at radius 2 is 2.04 bits per heavy atom. The number of hydrogen-bond acceptors (Lipinski definition) is 8. The van der Waals surface area contributed by atoms with Crippen LogP contribution in [0, 0.1) is 0 Å². The van der Waals surface area contributed by atoms with Gasteiger partial charge in [-0.05, 0) is 19.9 Å². The number of aromatic nitrogens is 1. The lowest BCUT2D eigenvalue weighted by atomic mass is 10.1. The van der Waals surface area contributed by atoms with E-state index in [1.54, 1.807) is 6.92 Å². The number of carbonyl (C=O) groups excluding carboxylic acids is 1. The summed E-state index contributed by atoms with van der Waals surface area (Å²) in [5.41, 5.74) is -5.03. The van der Waals surface area contributed by atoms with Crippen LogP contribution >= 0.6 is 11.3 Å². The van der Waals surface area contributed by atoms with Gasteiger partial charge in [-0.2, -0.15) is 21.6 Å². The minimum atomic E-state index is -5.87. The van der Waals surface area contributed by atoms with Crippen LogP contribution in [-0.4, -0.2) is 44.3 Å². The Balaban J connectivity index is 2.56. The first-order valence-corrected chi connectivity index (χ1v) is 9.79. The highest BCUT2D eigenvalue weighted by atomic mass is 32.2. The van der Waals surface area contributed by atoms with E-state index in [9.17, 15) is 26.4 Å². The first-order chi connectivity index (χ1) is 13.0. The minimum absolute atomic E-state index is 0.104. The molecule has 1 heterocycles. The van der Waals surface area contributed by atoms with E-state index in [-0.39, 0.29) is 21.9 Å². The van der Waals surface area contributed by atoms with E-state index in [0.717, 1.165) is 23.5 Å². The molecule has 0 saturated heterocycles. The fourth-order valence-corrected chi connectivity index (χ4v) is 3.49. The summed E-state index contributed by atoms with van der Waals surface area (Å²) in [7, 11) is -4.60. The maximum atomic E-state index is 12.6. The number of urea groups is 1. The van der Waals surface area contributed by atoms with Crippen molar-refractivity contribution in [1.29, 1.82) is 0 Å². The number of benzene rings is 1. The zero-order valence-corrected chi connectivity index (χ0v) is 16.4. The molecule has 154 valence electrons. The maximum absolute atomic E-state index is 12.6. The molecule has 0 aliphatic carbocycles. The molecule has 2 N–H and O–H groups in total. The predicted molar refractivity (Wildman–Crippen MR) is 97.1 cm³/mol. The van der Waals surface area contributed by atoms with Crippen molar-refractivity contribution in [3.05, 3.63) is 17.7 Å². The average molecular weight is 440 g/mol. The smallest absolute Gasteiger partial charge is 0.399 e. The van der Waals surface area contributed by atoms with Gasteiger partial charge in [0.1, 0.15) is 12.9 Å². The van der Waals surface area contributed by atoms with Crippen LogP contribution in [0.2, 0.25) is 0 Å². The Labute approximate surface area is 161 Å². The summed E-state index contributed by atoms with van der Waals surface area (Å²) in [6.45, 7) is 3.58. The Morgan fingerprint density at radius 3 is 2.61 bits per heavy atom. The second kappa shape index (κ2) is 8.18. The number of alkyl halides is 3. The second-order valence-corrected chi connectivity index (χ2v) is 7.70. The molecule has 1 aromatic carbocycles. The standard InChI is InChI=1S/C14H15F3N4O5S2/c1-4-18-12(22)20-13-19-10-6-8(26-28(23,24)14(15,16)17)5-9(11(10)27-13)7(2)21-25-3/h5-6H,4H2,1-3H3,(H2,18,19,20,22)/b21-7-. The number of anilines is 1. The second-order valence-electron chi connectivity index (χ2n) is 5.17. The molecule has 2 amide bonds. The quantitative estimate of drug-likeness (QED) is 0.308. The van der Waals surface area contributed by atoms with Crippen LogP contribution in [0.4, 0.5) is 23.1 Å². The van der Waals surface area contributed by atoms with E-state index in [0.29, 0.717) is 11.2 Å². The highest BCUT2D eigenvalue weighted by Crippen LogP contribution is 2.35. The fourth-order valence-electron chi connectivity index (χ4n) is 2.04. The molecule has 1 aromatic heterocycles. The van der Waals surface area contributed by atoms with Crippen molar-refractivity contribution < 1.29 is 35.4 Å². The summed E-state index contributed by atoms with van der Waals surface area (Å²) in [5.74, 6) is -0.611. The highest BCUT2D eigenvalue weighted by molar-refractivity contribution is 7.88. The van der Waals surface area contributed by atoms with Gasteiger partial charge in [-0.15, -0.1) is 0 Å². The minimum Gasteiger partial charge on any atom is -0.399 e. The summed E-state index contributed by atoms with van der Waals surface area (Å²) in [5, 5.41) is 8.81. The van der Waals surface area contributed by atoms with Crippen molar-refractivity contribution in [3.8, 4) is 5.75 Å². The normalized spacial score (nSPS) is 12.7. The van der Waals surface area contributed by atoms with Gasteiger partial charge in [0.15, 0.2) is 5.13 Å². The van der Waals surface area contributed by atoms with Gasteiger partial charge in [0, 0.05) is 18.2 Å². The van der Waals surface area contributed by atoms with Gasteiger partial charge in [-0.1, -0.05) is 16.5 Å². The summed E-state index contributed by atoms with van der Waals surface area (Å²) >= 11 is 1.02. The van der Waals surface area contributed by atoms with Gasteiger partial charge in [-0.25, -0.2) is 9.78 Å². The van der Waals surface area contributed by atoms with Crippen molar-refractivity contribution in [2.45, 2.75) is 19.4 Å². The number of thiazole rings is 1. The Morgan fingerprint density at radius 1 is 1.36 bits per heavy atom. The zero-order valence-electron chi connectivity index (χ0n) is 14.7. The molecule has 0 unspecified atom stereocenters. The summed E-state index contributed by atoms with van der Waals surface area (Å²) < 4.78 is 65.0. The predicted octanol–water partition coefficient (Wildman–Crippen LogP) is 3.04. The highest BCUT2D eigenvalue weighted by Gasteiger charge is 2.48. The number of carbonyl (C=O) groups is 1. The number of nitrogens with one attached hydrogen (secondary N) is 2. The molecule has 0 bridgehead atoms. The van der Waals surface area contributed by atoms with Crippen LogP contribution in [0.1, 0.15) is 19.4 Å². The molecule has 0 spiro atoms. The molecular formula is C14H15F3N4O5S2. The number of oxime groups is 1. The van der Waals surface area contributed by atoms with Crippen molar-refractivity contribution in [3.63, 3.8) is 0 Å². The van der Waals surface area contributed by atoms with Crippen molar-refractivity contribution in [1.82, 2.24) is 10.3 Å². The van der Waals surface area contributed by atoms with E-state index >= 15 is 0 Å². The molecule has 14 heteroatoms. The van der Waals surface area contributed by atoms with Crippen LogP contribution in [0.15, 0.2) is 17.3 Å². The molecule has 9 nitrogen and oxygen atoms in total. The third-order valence-corrected chi connectivity index (χ3v) is 5.13. The van der Waals surface area contributed by atoms with Crippen molar-refractivity contribution in [2.24, 2.45) is 5.16 Å². The van der Waals surface area contributed by atoms with Crippen LogP contribution < -0.4 is 14.8 Å². The first kappa shape index (κ1) is 21.7. The average Bonchev–Trinajstić information content (AvgIpc) is 2.95. The van der Waals surface area contributed by atoms with E-state index in [1.165, 1.54) is 14.0 Å². The van der Waals surface area contributed by atoms with Gasteiger partial charge in [0.05, 0.1) is 15.9 Å². The largest absolute Gasteiger partial charge is 0.534 e. The molecule has 0 aliphatic rings. The Hall–Kier alpha value is -2.61. The Bertz CT molecular complexity index is 1020. The number of halogens is 3. The van der Waals surface area contributed by atoms with E-state index in [2.05, 4.69) is 29.8 Å². The summed E-state index contributed by atoms with van der Waals surface area (Å²) in [6, 6.07) is 1.56. The molecular weight excluding hydrogens is 425 g/mol. The Kier molecular flexibility index (Phi) is 6.34. The third-order valence-electron chi connectivity index (χ3n) is 3.13. The van der Waals surface area contributed by atoms with Crippen LogP contribution in [0.3, 0.4) is 0 Å². The van der Waals surface area contributed by atoms with Gasteiger partial charge in [-0.3, -0.25) is 5.32 Å². The van der Waals surface area contributed by atoms with E-state index in [1.807, 2.05) is 0 Å². The monoisotopic (exact) mass is 440 g/mol. The molecule has 0 saturated carbocycles. The van der Waals surface area contributed by atoms with Crippen molar-refractivity contribution in [2.75, 3.05) is 19.0 Å². The van der Waals surface area contributed by atoms with E-state index in [4.69, 9.17) is 0 Å². The summed E-state index contributed by atoms with van der Waals surface area (Å²) in [4.78, 5) is 20.4. The van der Waals surface area contributed by atoms with Crippen LogP contribution in [0.25, 0.3) is 10.2 Å². The summed E-state index contributed by atoms with van der Waals surface area (Å²) in [6.07, 6.45) is 0. The van der Waals surface area contributed by atoms with Gasteiger partial charge < -0.3 is 14.3 Å². The fraction of sp³-hybridized carbons (Fsp3) is 0.357. The van der Waals surface area contributed by atoms with Crippen LogP contribution in [-0.2, 0) is 15.0 Å². The van der Waals surface area contributed by atoms with Gasteiger partial charge >= 0.3 is 21.7 Å². The topological polar surface area (TPSA) is 119 Å². The first-order valence-electron chi connectivity index (χ1n) is 7.56. The zero-order chi connectivity index (χ0) is 21.1. The van der Waals surface area contributed by atoms with Crippen LogP contribution in [0.5, 0.6) is 5.75 Å². The number of fused-ring (bicyclic) bond motifs is 1. The molecule has 2 aromatic rings. The lowest BCUT2D eigenvalue weighted by Gasteiger charge is -2.10. The van der Waals surface area contributed by atoms with E-state index < -0.39 is 27.4 Å². The number of hydrogen-bond donors (Lipinski definition) is 2. The molecule has 0 atom stereocenters. The molecule has 0 fully saturated rings. The molecule has 28 heavy (non-hydrogen) atoms.